The Bertz CT molecular complexity index is 693. The molecule has 1 aromatic heterocycles. The first kappa shape index (κ1) is 14.3. The van der Waals surface area contributed by atoms with Crippen LogP contribution in [0.2, 0.25) is 5.02 Å². The molecule has 1 heterocycles. The maximum Gasteiger partial charge on any atom is 0.328 e. The molecule has 0 aliphatic carbocycles. The lowest BCUT2D eigenvalue weighted by Crippen LogP contribution is -1.92. The molecular weight excluding hydrogens is 274 g/mol. The van der Waals surface area contributed by atoms with Gasteiger partial charge in [-0.3, -0.25) is 4.98 Å². The van der Waals surface area contributed by atoms with Gasteiger partial charge in [-0.2, -0.15) is 0 Å². The van der Waals surface area contributed by atoms with E-state index in [0.29, 0.717) is 10.6 Å². The van der Waals surface area contributed by atoms with Crippen LogP contribution in [0.3, 0.4) is 0 Å². The zero-order valence-corrected chi connectivity index (χ0v) is 12.0. The number of allylic oxidation sites excluding steroid dienone is 1. The van der Waals surface area contributed by atoms with Gasteiger partial charge in [-0.25, -0.2) is 4.79 Å². The Labute approximate surface area is 122 Å². The van der Waals surface area contributed by atoms with Gasteiger partial charge in [-0.15, -0.1) is 0 Å². The SMILES string of the molecule is C/C(=C\C(=O)O)c1cncc(-c2cccc(Cl)c2C)c1. The Hall–Kier alpha value is -2.13. The summed E-state index contributed by atoms with van der Waals surface area (Å²) in [5, 5.41) is 9.50. The van der Waals surface area contributed by atoms with Crippen LogP contribution in [0.5, 0.6) is 0 Å². The number of hydrogen-bond acceptors (Lipinski definition) is 2. The lowest BCUT2D eigenvalue weighted by atomic mass is 9.99. The average molecular weight is 288 g/mol. The van der Waals surface area contributed by atoms with Crippen LogP contribution in [0.1, 0.15) is 18.1 Å². The van der Waals surface area contributed by atoms with Gasteiger partial charge in [-0.1, -0.05) is 23.7 Å². The number of pyridine rings is 1. The number of nitrogens with zero attached hydrogens (tertiary/aromatic N) is 1. The average Bonchev–Trinajstić information content (AvgIpc) is 2.41. The van der Waals surface area contributed by atoms with E-state index in [1.807, 2.05) is 31.2 Å². The molecule has 0 saturated carbocycles. The van der Waals surface area contributed by atoms with Crippen molar-refractivity contribution in [1.82, 2.24) is 4.98 Å². The molecule has 0 aliphatic rings. The highest BCUT2D eigenvalue weighted by Gasteiger charge is 2.07. The van der Waals surface area contributed by atoms with E-state index in [-0.39, 0.29) is 0 Å². The summed E-state index contributed by atoms with van der Waals surface area (Å²) < 4.78 is 0. The topological polar surface area (TPSA) is 50.2 Å². The van der Waals surface area contributed by atoms with Crippen LogP contribution in [0.25, 0.3) is 16.7 Å². The lowest BCUT2D eigenvalue weighted by molar-refractivity contribution is -0.131. The molecule has 102 valence electrons. The monoisotopic (exact) mass is 287 g/mol. The molecule has 0 amide bonds. The van der Waals surface area contributed by atoms with Crippen molar-refractivity contribution in [3.63, 3.8) is 0 Å². The molecule has 0 atom stereocenters. The normalized spacial score (nSPS) is 11.4. The minimum absolute atomic E-state index is 0.659. The Kier molecular flexibility index (Phi) is 4.20. The van der Waals surface area contributed by atoms with Crippen molar-refractivity contribution >= 4 is 23.1 Å². The fourth-order valence-corrected chi connectivity index (χ4v) is 2.17. The molecule has 2 aromatic rings. The van der Waals surface area contributed by atoms with Gasteiger partial charge in [0.2, 0.25) is 0 Å². The van der Waals surface area contributed by atoms with Crippen molar-refractivity contribution in [2.24, 2.45) is 0 Å². The van der Waals surface area contributed by atoms with E-state index in [9.17, 15) is 4.79 Å². The summed E-state index contributed by atoms with van der Waals surface area (Å²) in [6, 6.07) is 7.61. The van der Waals surface area contributed by atoms with Crippen molar-refractivity contribution in [2.45, 2.75) is 13.8 Å². The van der Waals surface area contributed by atoms with Gasteiger partial charge in [0.05, 0.1) is 0 Å². The highest BCUT2D eigenvalue weighted by atomic mass is 35.5. The van der Waals surface area contributed by atoms with Crippen molar-refractivity contribution < 1.29 is 9.90 Å². The summed E-state index contributed by atoms with van der Waals surface area (Å²) in [6.45, 7) is 3.70. The number of aliphatic carboxylic acids is 1. The van der Waals surface area contributed by atoms with E-state index in [0.717, 1.165) is 22.3 Å². The Morgan fingerprint density at radius 1 is 1.35 bits per heavy atom. The summed E-state index contributed by atoms with van der Waals surface area (Å²) in [5.74, 6) is -0.966. The van der Waals surface area contributed by atoms with E-state index in [4.69, 9.17) is 16.7 Å². The highest BCUT2D eigenvalue weighted by molar-refractivity contribution is 6.31. The lowest BCUT2D eigenvalue weighted by Gasteiger charge is -2.09. The highest BCUT2D eigenvalue weighted by Crippen LogP contribution is 2.29. The first-order valence-corrected chi connectivity index (χ1v) is 6.49. The summed E-state index contributed by atoms with van der Waals surface area (Å²) in [5.41, 5.74) is 4.33. The maximum atomic E-state index is 10.7. The van der Waals surface area contributed by atoms with Crippen LogP contribution >= 0.6 is 11.6 Å². The van der Waals surface area contributed by atoms with Crippen molar-refractivity contribution in [3.05, 3.63) is 58.9 Å². The minimum Gasteiger partial charge on any atom is -0.478 e. The Morgan fingerprint density at radius 2 is 2.10 bits per heavy atom. The van der Waals surface area contributed by atoms with Crippen molar-refractivity contribution in [3.8, 4) is 11.1 Å². The van der Waals surface area contributed by atoms with Crippen LogP contribution in [0, 0.1) is 6.92 Å². The van der Waals surface area contributed by atoms with Crippen LogP contribution in [-0.4, -0.2) is 16.1 Å². The summed E-state index contributed by atoms with van der Waals surface area (Å²) in [6.07, 6.45) is 4.57. The largest absolute Gasteiger partial charge is 0.478 e. The van der Waals surface area contributed by atoms with E-state index in [1.165, 1.54) is 6.08 Å². The molecule has 0 aliphatic heterocycles. The van der Waals surface area contributed by atoms with Gasteiger partial charge < -0.3 is 5.11 Å². The molecule has 0 fully saturated rings. The van der Waals surface area contributed by atoms with Crippen LogP contribution in [0.15, 0.2) is 42.7 Å². The standard InChI is InChI=1S/C16H14ClNO2/c1-10(6-16(19)20)12-7-13(9-18-8-12)14-4-3-5-15(17)11(14)2/h3-9H,1-2H3,(H,19,20)/b10-6+. The van der Waals surface area contributed by atoms with Gasteiger partial charge in [-0.05, 0) is 48.2 Å². The summed E-state index contributed by atoms with van der Waals surface area (Å²) in [7, 11) is 0. The van der Waals surface area contributed by atoms with Crippen LogP contribution in [-0.2, 0) is 4.79 Å². The number of carbonyl (C=O) groups is 1. The predicted molar refractivity (Wildman–Crippen MR) is 80.7 cm³/mol. The number of hydrogen-bond donors (Lipinski definition) is 1. The van der Waals surface area contributed by atoms with Crippen LogP contribution in [0.4, 0.5) is 0 Å². The molecule has 0 unspecified atom stereocenters. The molecule has 0 bridgehead atoms. The molecule has 0 saturated heterocycles. The van der Waals surface area contributed by atoms with E-state index in [2.05, 4.69) is 4.98 Å². The van der Waals surface area contributed by atoms with Gasteiger partial charge >= 0.3 is 5.97 Å². The number of aromatic nitrogens is 1. The van der Waals surface area contributed by atoms with E-state index >= 15 is 0 Å². The fraction of sp³-hybridized carbons (Fsp3) is 0.125. The number of carboxylic acid groups (broad SMARTS) is 1. The third-order valence-electron chi connectivity index (χ3n) is 3.11. The molecule has 20 heavy (non-hydrogen) atoms. The van der Waals surface area contributed by atoms with Gasteiger partial charge in [0.25, 0.3) is 0 Å². The van der Waals surface area contributed by atoms with E-state index in [1.54, 1.807) is 19.3 Å². The van der Waals surface area contributed by atoms with Crippen LogP contribution < -0.4 is 0 Å². The second-order valence-corrected chi connectivity index (χ2v) is 4.95. The molecule has 4 heteroatoms. The summed E-state index contributed by atoms with van der Waals surface area (Å²) in [4.78, 5) is 14.9. The molecule has 2 rings (SSSR count). The Balaban J connectivity index is 2.50. The molecule has 0 spiro atoms. The molecule has 0 radical (unpaired) electrons. The second kappa shape index (κ2) is 5.88. The van der Waals surface area contributed by atoms with Crippen molar-refractivity contribution in [1.29, 1.82) is 0 Å². The first-order valence-electron chi connectivity index (χ1n) is 6.11. The zero-order chi connectivity index (χ0) is 14.7. The van der Waals surface area contributed by atoms with E-state index < -0.39 is 5.97 Å². The fourth-order valence-electron chi connectivity index (χ4n) is 1.99. The number of benzene rings is 1. The van der Waals surface area contributed by atoms with Gasteiger partial charge in [0, 0.05) is 29.1 Å². The number of carboxylic acids is 1. The van der Waals surface area contributed by atoms with Gasteiger partial charge in [0.1, 0.15) is 0 Å². The zero-order valence-electron chi connectivity index (χ0n) is 11.2. The third-order valence-corrected chi connectivity index (χ3v) is 3.52. The third kappa shape index (κ3) is 3.06. The molecule has 3 nitrogen and oxygen atoms in total. The maximum absolute atomic E-state index is 10.7. The predicted octanol–water partition coefficient (Wildman–Crippen LogP) is 4.20. The quantitative estimate of drug-likeness (QED) is 0.861. The second-order valence-electron chi connectivity index (χ2n) is 4.54. The Morgan fingerprint density at radius 3 is 2.80 bits per heavy atom. The molecule has 1 N–H and O–H groups in total. The smallest absolute Gasteiger partial charge is 0.328 e. The first-order chi connectivity index (χ1) is 9.49. The number of halogens is 1. The molecular formula is C16H14ClNO2. The van der Waals surface area contributed by atoms with Crippen molar-refractivity contribution in [2.75, 3.05) is 0 Å². The molecule has 1 aromatic carbocycles. The van der Waals surface area contributed by atoms with Gasteiger partial charge in [0.15, 0.2) is 0 Å². The number of rotatable bonds is 3. The minimum atomic E-state index is -0.966. The summed E-state index contributed by atoms with van der Waals surface area (Å²) >= 11 is 6.13.